The molecule has 3 rings (SSSR count). The van der Waals surface area contributed by atoms with Crippen molar-refractivity contribution in [1.29, 1.82) is 0 Å². The summed E-state index contributed by atoms with van der Waals surface area (Å²) in [5.41, 5.74) is 2.07. The van der Waals surface area contributed by atoms with Gasteiger partial charge in [0.05, 0.1) is 5.75 Å². The van der Waals surface area contributed by atoms with Gasteiger partial charge in [0, 0.05) is 12.6 Å². The Morgan fingerprint density at radius 3 is 2.40 bits per heavy atom. The number of nitrogens with one attached hydrogen (secondary N) is 1. The van der Waals surface area contributed by atoms with E-state index in [9.17, 15) is 13.2 Å². The van der Waals surface area contributed by atoms with Gasteiger partial charge in [-0.2, -0.15) is 4.31 Å². The van der Waals surface area contributed by atoms with Gasteiger partial charge in [-0.3, -0.25) is 4.79 Å². The lowest BCUT2D eigenvalue weighted by Crippen LogP contribution is -2.54. The summed E-state index contributed by atoms with van der Waals surface area (Å²) in [7, 11) is -3.43. The summed E-state index contributed by atoms with van der Waals surface area (Å²) in [6.07, 6.45) is 7.16. The van der Waals surface area contributed by atoms with Crippen LogP contribution in [0.4, 0.5) is 0 Å². The Balaban J connectivity index is 1.81. The topological polar surface area (TPSA) is 66.5 Å². The standard InChI is InChI=1S/C19H28N2O3S/c1-2-25(23,24)21-14-16-10-8-7-9-15(16)13-18(21)19(22)20-17-11-5-3-4-6-12-17/h7-10,17-18H,2-6,11-14H2,1H3,(H,20,22)/t18-/m1/s1. The van der Waals surface area contributed by atoms with Crippen molar-refractivity contribution < 1.29 is 13.2 Å². The second-order valence-corrected chi connectivity index (χ2v) is 9.34. The second kappa shape index (κ2) is 7.87. The fourth-order valence-corrected chi connectivity index (χ4v) is 5.13. The largest absolute Gasteiger partial charge is 0.352 e. The first kappa shape index (κ1) is 18.4. The minimum Gasteiger partial charge on any atom is -0.352 e. The molecule has 1 saturated carbocycles. The van der Waals surface area contributed by atoms with Crippen LogP contribution in [-0.4, -0.2) is 36.5 Å². The minimum absolute atomic E-state index is 0.0162. The summed E-state index contributed by atoms with van der Waals surface area (Å²) >= 11 is 0. The maximum Gasteiger partial charge on any atom is 0.239 e. The van der Waals surface area contributed by atoms with Crippen LogP contribution in [0.1, 0.15) is 56.6 Å². The van der Waals surface area contributed by atoms with Gasteiger partial charge in [0.2, 0.25) is 15.9 Å². The molecular formula is C19H28N2O3S. The lowest BCUT2D eigenvalue weighted by molar-refractivity contribution is -0.126. The fourth-order valence-electron chi connectivity index (χ4n) is 3.90. The number of rotatable bonds is 4. The van der Waals surface area contributed by atoms with Crippen LogP contribution in [0.2, 0.25) is 0 Å². The summed E-state index contributed by atoms with van der Waals surface area (Å²) in [4.78, 5) is 12.9. The van der Waals surface area contributed by atoms with Crippen molar-refractivity contribution in [3.8, 4) is 0 Å². The molecule has 0 spiro atoms. The van der Waals surface area contributed by atoms with Crippen LogP contribution in [0, 0.1) is 0 Å². The number of carbonyl (C=O) groups excluding carboxylic acids is 1. The molecule has 1 heterocycles. The lowest BCUT2D eigenvalue weighted by atomic mass is 9.95. The molecule has 1 aromatic rings. The summed E-state index contributed by atoms with van der Waals surface area (Å²) in [6, 6.07) is 7.36. The van der Waals surface area contributed by atoms with E-state index >= 15 is 0 Å². The molecule has 0 aromatic heterocycles. The average molecular weight is 365 g/mol. The van der Waals surface area contributed by atoms with Crippen LogP contribution in [0.25, 0.3) is 0 Å². The molecule has 138 valence electrons. The molecule has 1 amide bonds. The van der Waals surface area contributed by atoms with E-state index in [0.717, 1.165) is 36.8 Å². The zero-order chi connectivity index (χ0) is 17.9. The van der Waals surface area contributed by atoms with Crippen LogP contribution < -0.4 is 5.32 Å². The highest BCUT2D eigenvalue weighted by atomic mass is 32.2. The summed E-state index contributed by atoms with van der Waals surface area (Å²) in [5, 5.41) is 3.14. The lowest BCUT2D eigenvalue weighted by Gasteiger charge is -2.35. The number of amides is 1. The third-order valence-corrected chi connectivity index (χ3v) is 7.26. The van der Waals surface area contributed by atoms with E-state index in [4.69, 9.17) is 0 Å². The van der Waals surface area contributed by atoms with E-state index in [1.54, 1.807) is 6.92 Å². The van der Waals surface area contributed by atoms with Crippen molar-refractivity contribution in [3.05, 3.63) is 35.4 Å². The Morgan fingerprint density at radius 1 is 1.12 bits per heavy atom. The van der Waals surface area contributed by atoms with E-state index < -0.39 is 16.1 Å². The molecule has 0 bridgehead atoms. The van der Waals surface area contributed by atoms with E-state index in [-0.39, 0.29) is 24.2 Å². The Bertz CT molecular complexity index is 709. The van der Waals surface area contributed by atoms with Gasteiger partial charge >= 0.3 is 0 Å². The first-order valence-corrected chi connectivity index (χ1v) is 11.0. The van der Waals surface area contributed by atoms with E-state index in [1.165, 1.54) is 17.1 Å². The normalized spacial score (nSPS) is 22.8. The highest BCUT2D eigenvalue weighted by Crippen LogP contribution is 2.27. The van der Waals surface area contributed by atoms with Crippen molar-refractivity contribution in [2.45, 2.75) is 70.5 Å². The van der Waals surface area contributed by atoms with Crippen molar-refractivity contribution in [1.82, 2.24) is 9.62 Å². The molecule has 25 heavy (non-hydrogen) atoms. The van der Waals surface area contributed by atoms with Crippen LogP contribution in [-0.2, 0) is 27.8 Å². The third-order valence-electron chi connectivity index (χ3n) is 5.43. The molecule has 5 nitrogen and oxygen atoms in total. The number of hydrogen-bond donors (Lipinski definition) is 1. The van der Waals surface area contributed by atoms with Crippen molar-refractivity contribution in [2.24, 2.45) is 0 Å². The average Bonchev–Trinajstić information content (AvgIpc) is 2.89. The highest BCUT2D eigenvalue weighted by Gasteiger charge is 2.38. The highest BCUT2D eigenvalue weighted by molar-refractivity contribution is 7.89. The molecule has 1 aromatic carbocycles. The van der Waals surface area contributed by atoms with E-state index in [0.29, 0.717) is 6.42 Å². The number of nitrogens with zero attached hydrogens (tertiary/aromatic N) is 1. The monoisotopic (exact) mass is 364 g/mol. The van der Waals surface area contributed by atoms with Crippen LogP contribution in [0.5, 0.6) is 0 Å². The van der Waals surface area contributed by atoms with Gasteiger partial charge in [-0.25, -0.2) is 8.42 Å². The maximum atomic E-state index is 12.9. The third kappa shape index (κ3) is 4.23. The smallest absolute Gasteiger partial charge is 0.239 e. The molecule has 0 unspecified atom stereocenters. The van der Waals surface area contributed by atoms with Crippen molar-refractivity contribution >= 4 is 15.9 Å². The Labute approximate surface area is 150 Å². The van der Waals surface area contributed by atoms with Gasteiger partial charge in [-0.05, 0) is 37.3 Å². The summed E-state index contributed by atoms with van der Waals surface area (Å²) < 4.78 is 26.5. The quantitative estimate of drug-likeness (QED) is 0.835. The number of sulfonamides is 1. The number of carbonyl (C=O) groups is 1. The predicted molar refractivity (Wildman–Crippen MR) is 98.6 cm³/mol. The predicted octanol–water partition coefficient (Wildman–Crippen LogP) is 2.60. The van der Waals surface area contributed by atoms with E-state index in [2.05, 4.69) is 5.32 Å². The molecule has 0 saturated heterocycles. The zero-order valence-corrected chi connectivity index (χ0v) is 15.7. The second-order valence-electron chi connectivity index (χ2n) is 7.13. The maximum absolute atomic E-state index is 12.9. The molecule has 6 heteroatoms. The Kier molecular flexibility index (Phi) is 5.79. The van der Waals surface area contributed by atoms with E-state index in [1.807, 2.05) is 24.3 Å². The molecule has 1 aliphatic heterocycles. The number of hydrogen-bond acceptors (Lipinski definition) is 3. The van der Waals surface area contributed by atoms with Gasteiger partial charge in [0.25, 0.3) is 0 Å². The van der Waals surface area contributed by atoms with Gasteiger partial charge in [0.1, 0.15) is 6.04 Å². The molecule has 1 fully saturated rings. The zero-order valence-electron chi connectivity index (χ0n) is 14.9. The molecule has 0 radical (unpaired) electrons. The SMILES string of the molecule is CCS(=O)(=O)N1Cc2ccccc2C[C@@H]1C(=O)NC1CCCCCC1. The van der Waals surface area contributed by atoms with Crippen molar-refractivity contribution in [3.63, 3.8) is 0 Å². The van der Waals surface area contributed by atoms with Crippen LogP contribution in [0.3, 0.4) is 0 Å². The first-order valence-electron chi connectivity index (χ1n) is 9.38. The van der Waals surface area contributed by atoms with Gasteiger partial charge in [-0.1, -0.05) is 49.9 Å². The van der Waals surface area contributed by atoms with Gasteiger partial charge in [0.15, 0.2) is 0 Å². The van der Waals surface area contributed by atoms with Gasteiger partial charge in [-0.15, -0.1) is 0 Å². The Morgan fingerprint density at radius 2 is 1.76 bits per heavy atom. The summed E-state index contributed by atoms with van der Waals surface area (Å²) in [6.45, 7) is 1.92. The Hall–Kier alpha value is -1.40. The number of benzene rings is 1. The fraction of sp³-hybridized carbons (Fsp3) is 0.632. The van der Waals surface area contributed by atoms with Gasteiger partial charge < -0.3 is 5.32 Å². The van der Waals surface area contributed by atoms with Crippen LogP contribution in [0.15, 0.2) is 24.3 Å². The molecule has 1 aliphatic carbocycles. The molecular weight excluding hydrogens is 336 g/mol. The molecule has 2 aliphatic rings. The van der Waals surface area contributed by atoms with Crippen molar-refractivity contribution in [2.75, 3.05) is 5.75 Å². The summed E-state index contributed by atoms with van der Waals surface area (Å²) in [5.74, 6) is -0.124. The van der Waals surface area contributed by atoms with Crippen LogP contribution >= 0.6 is 0 Å². The molecule has 1 atom stereocenters. The number of fused-ring (bicyclic) bond motifs is 1. The minimum atomic E-state index is -3.43. The first-order chi connectivity index (χ1) is 12.0. The molecule has 1 N–H and O–H groups in total.